The van der Waals surface area contributed by atoms with Crippen molar-refractivity contribution in [3.63, 3.8) is 0 Å². The molecule has 0 aliphatic heterocycles. The lowest BCUT2D eigenvalue weighted by Gasteiger charge is -2.14. The Morgan fingerprint density at radius 2 is 1.83 bits per heavy atom. The summed E-state index contributed by atoms with van der Waals surface area (Å²) in [6.07, 6.45) is 0.447. The number of amides is 1. The number of carbonyl (C=O) groups is 1. The molecular formula is C12H15Br3N2O. The lowest BCUT2D eigenvalue weighted by Crippen LogP contribution is -2.30. The van der Waals surface area contributed by atoms with Crippen molar-refractivity contribution in [2.24, 2.45) is 0 Å². The number of carbonyl (C=O) groups excluding carboxylic acids is 1. The van der Waals surface area contributed by atoms with Gasteiger partial charge in [0.05, 0.1) is 5.69 Å². The van der Waals surface area contributed by atoms with Gasteiger partial charge >= 0.3 is 0 Å². The van der Waals surface area contributed by atoms with Crippen LogP contribution in [0.3, 0.4) is 0 Å². The van der Waals surface area contributed by atoms with Crippen LogP contribution in [0, 0.1) is 0 Å². The molecule has 6 heteroatoms. The van der Waals surface area contributed by atoms with E-state index in [0.717, 1.165) is 25.7 Å². The molecule has 0 aliphatic carbocycles. The highest BCUT2D eigenvalue weighted by atomic mass is 79.9. The first-order chi connectivity index (χ1) is 8.43. The predicted molar refractivity (Wildman–Crippen MR) is 85.9 cm³/mol. The van der Waals surface area contributed by atoms with Crippen LogP contribution in [-0.2, 0) is 4.79 Å². The zero-order chi connectivity index (χ0) is 13.7. The van der Waals surface area contributed by atoms with Gasteiger partial charge in [0, 0.05) is 25.9 Å². The number of anilines is 1. The van der Waals surface area contributed by atoms with Crippen molar-refractivity contribution < 1.29 is 4.79 Å². The lowest BCUT2D eigenvalue weighted by molar-refractivity contribution is -0.116. The second kappa shape index (κ2) is 7.62. The van der Waals surface area contributed by atoms with Crippen LogP contribution in [0.5, 0.6) is 0 Å². The predicted octanol–water partition coefficient (Wildman–Crippen LogP) is 4.30. The van der Waals surface area contributed by atoms with Crippen molar-refractivity contribution in [2.75, 3.05) is 11.9 Å². The Labute approximate surface area is 132 Å². The number of hydrogen-bond acceptors (Lipinski definition) is 2. The monoisotopic (exact) mass is 440 g/mol. The second-order valence-electron chi connectivity index (χ2n) is 3.96. The lowest BCUT2D eigenvalue weighted by atomic mass is 10.2. The minimum Gasteiger partial charge on any atom is -0.324 e. The van der Waals surface area contributed by atoms with Crippen molar-refractivity contribution in [2.45, 2.75) is 26.3 Å². The molecule has 18 heavy (non-hydrogen) atoms. The van der Waals surface area contributed by atoms with Crippen LogP contribution in [0.25, 0.3) is 0 Å². The fourth-order valence-electron chi connectivity index (χ4n) is 1.55. The number of benzene rings is 1. The van der Waals surface area contributed by atoms with E-state index in [-0.39, 0.29) is 11.9 Å². The van der Waals surface area contributed by atoms with Crippen molar-refractivity contribution >= 4 is 59.4 Å². The second-order valence-corrected chi connectivity index (χ2v) is 6.58. The molecule has 3 nitrogen and oxygen atoms in total. The van der Waals surface area contributed by atoms with Crippen molar-refractivity contribution in [3.8, 4) is 0 Å². The molecule has 1 aromatic rings. The molecule has 100 valence electrons. The van der Waals surface area contributed by atoms with Crippen LogP contribution in [0.2, 0.25) is 0 Å². The number of nitrogens with one attached hydrogen (secondary N) is 2. The van der Waals surface area contributed by atoms with E-state index in [2.05, 4.69) is 58.4 Å². The minimum atomic E-state index is -0.00725. The molecule has 0 radical (unpaired) electrons. The van der Waals surface area contributed by atoms with E-state index < -0.39 is 0 Å². The van der Waals surface area contributed by atoms with Crippen LogP contribution >= 0.6 is 47.8 Å². The zero-order valence-corrected chi connectivity index (χ0v) is 14.9. The molecule has 0 saturated heterocycles. The zero-order valence-electron chi connectivity index (χ0n) is 10.2. The smallest absolute Gasteiger partial charge is 0.225 e. The molecule has 1 amide bonds. The molecule has 1 rings (SSSR count). The quantitative estimate of drug-likeness (QED) is 0.713. The molecule has 0 spiro atoms. The Morgan fingerprint density at radius 3 is 2.33 bits per heavy atom. The van der Waals surface area contributed by atoms with Gasteiger partial charge in [0.1, 0.15) is 0 Å². The summed E-state index contributed by atoms with van der Waals surface area (Å²) in [6, 6.07) is 3.96. The van der Waals surface area contributed by atoms with E-state index >= 15 is 0 Å². The Hall–Kier alpha value is 0.0900. The van der Waals surface area contributed by atoms with E-state index in [4.69, 9.17) is 0 Å². The maximum Gasteiger partial charge on any atom is 0.225 e. The third kappa shape index (κ3) is 4.99. The molecule has 0 bridgehead atoms. The summed E-state index contributed by atoms with van der Waals surface area (Å²) in [7, 11) is 0. The fraction of sp³-hybridized carbons (Fsp3) is 0.417. The maximum atomic E-state index is 11.9. The fourth-order valence-corrected chi connectivity index (χ4v) is 4.01. The molecule has 0 aliphatic rings. The normalized spacial score (nSPS) is 12.3. The molecule has 0 fully saturated rings. The first-order valence-electron chi connectivity index (χ1n) is 5.61. The molecule has 0 saturated carbocycles. The van der Waals surface area contributed by atoms with Gasteiger partial charge in [-0.2, -0.15) is 0 Å². The van der Waals surface area contributed by atoms with Crippen molar-refractivity contribution in [1.82, 2.24) is 5.32 Å². The molecule has 2 N–H and O–H groups in total. The third-order valence-corrected chi connectivity index (χ3v) is 4.02. The van der Waals surface area contributed by atoms with Gasteiger partial charge in [0.25, 0.3) is 0 Å². The van der Waals surface area contributed by atoms with Crippen LogP contribution in [-0.4, -0.2) is 18.5 Å². The summed E-state index contributed by atoms with van der Waals surface area (Å²) in [6.45, 7) is 4.88. The number of halogens is 3. The van der Waals surface area contributed by atoms with Crippen LogP contribution < -0.4 is 10.6 Å². The van der Waals surface area contributed by atoms with Crippen LogP contribution in [0.1, 0.15) is 20.3 Å². The van der Waals surface area contributed by atoms with Crippen molar-refractivity contribution in [3.05, 3.63) is 25.6 Å². The summed E-state index contributed by atoms with van der Waals surface area (Å²) >= 11 is 10.3. The average Bonchev–Trinajstić information content (AvgIpc) is 2.23. The number of rotatable bonds is 5. The highest BCUT2D eigenvalue weighted by Crippen LogP contribution is 2.34. The highest BCUT2D eigenvalue weighted by Gasteiger charge is 2.12. The van der Waals surface area contributed by atoms with Crippen LogP contribution in [0.4, 0.5) is 5.69 Å². The summed E-state index contributed by atoms with van der Waals surface area (Å²) in [4.78, 5) is 11.9. The Bertz CT molecular complexity index is 414. The highest BCUT2D eigenvalue weighted by molar-refractivity contribution is 9.11. The summed E-state index contributed by atoms with van der Waals surface area (Å²) in [5.41, 5.74) is 0.756. The standard InChI is InChI=1S/C12H15Br3N2O/c1-3-16-7(2)4-11(18)17-12-9(14)5-8(13)6-10(12)15/h5-7,16H,3-4H2,1-2H3,(H,17,18). The molecular weight excluding hydrogens is 428 g/mol. The SMILES string of the molecule is CCNC(C)CC(=O)Nc1c(Br)cc(Br)cc1Br. The van der Waals surface area contributed by atoms with Gasteiger partial charge in [-0.3, -0.25) is 4.79 Å². The molecule has 1 atom stereocenters. The van der Waals surface area contributed by atoms with Gasteiger partial charge in [-0.05, 0) is 57.5 Å². The average molecular weight is 443 g/mol. The molecule has 0 aromatic heterocycles. The van der Waals surface area contributed by atoms with Gasteiger partial charge in [0.2, 0.25) is 5.91 Å². The Balaban J connectivity index is 2.70. The van der Waals surface area contributed by atoms with Gasteiger partial charge in [-0.15, -0.1) is 0 Å². The van der Waals surface area contributed by atoms with Gasteiger partial charge in [-0.25, -0.2) is 0 Å². The largest absolute Gasteiger partial charge is 0.324 e. The third-order valence-electron chi connectivity index (χ3n) is 2.32. The minimum absolute atomic E-state index is 0.00725. The first-order valence-corrected chi connectivity index (χ1v) is 7.99. The summed E-state index contributed by atoms with van der Waals surface area (Å²) < 4.78 is 2.63. The van der Waals surface area contributed by atoms with E-state index in [1.807, 2.05) is 26.0 Å². The van der Waals surface area contributed by atoms with E-state index in [1.165, 1.54) is 0 Å². The topological polar surface area (TPSA) is 41.1 Å². The van der Waals surface area contributed by atoms with Crippen LogP contribution in [0.15, 0.2) is 25.6 Å². The number of hydrogen-bond donors (Lipinski definition) is 2. The van der Waals surface area contributed by atoms with Gasteiger partial charge in [-0.1, -0.05) is 22.9 Å². The van der Waals surface area contributed by atoms with E-state index in [1.54, 1.807) is 0 Å². The van der Waals surface area contributed by atoms with Gasteiger partial charge < -0.3 is 10.6 Å². The summed E-state index contributed by atoms with van der Waals surface area (Å²) in [5, 5.41) is 6.11. The maximum absolute atomic E-state index is 11.9. The Morgan fingerprint density at radius 1 is 1.28 bits per heavy atom. The first kappa shape index (κ1) is 16.1. The summed E-state index contributed by atoms with van der Waals surface area (Å²) in [5.74, 6) is -0.00725. The van der Waals surface area contributed by atoms with E-state index in [0.29, 0.717) is 6.42 Å². The van der Waals surface area contributed by atoms with Gasteiger partial charge in [0.15, 0.2) is 0 Å². The Kier molecular flexibility index (Phi) is 6.84. The van der Waals surface area contributed by atoms with Crippen molar-refractivity contribution in [1.29, 1.82) is 0 Å². The molecule has 1 aromatic carbocycles. The molecule has 0 heterocycles. The van der Waals surface area contributed by atoms with E-state index in [9.17, 15) is 4.79 Å². The molecule has 1 unspecified atom stereocenters.